The van der Waals surface area contributed by atoms with Crippen LogP contribution in [0.25, 0.3) is 0 Å². The summed E-state index contributed by atoms with van der Waals surface area (Å²) in [5.41, 5.74) is 2.94. The molecule has 0 amide bonds. The van der Waals surface area contributed by atoms with Crippen LogP contribution >= 0.6 is 0 Å². The first-order chi connectivity index (χ1) is 10.7. The second kappa shape index (κ2) is 10.4. The topological polar surface area (TPSA) is 46.2 Å². The minimum atomic E-state index is -3.21. The first-order valence-electron chi connectivity index (χ1n) is 8.67. The molecule has 0 aliphatic heterocycles. The number of halogens is 1. The van der Waals surface area contributed by atoms with E-state index in [1.807, 2.05) is 19.1 Å². The summed E-state index contributed by atoms with van der Waals surface area (Å²) in [5.74, 6) is 0. The lowest BCUT2D eigenvalue weighted by Gasteiger charge is -2.35. The Bertz CT molecular complexity index is 591. The molecule has 0 fully saturated rings. The van der Waals surface area contributed by atoms with Gasteiger partial charge in [-0.25, -0.2) is 8.42 Å². The predicted molar refractivity (Wildman–Crippen MR) is 99.3 cm³/mol. The van der Waals surface area contributed by atoms with Crippen LogP contribution < -0.4 is 21.7 Å². The van der Waals surface area contributed by atoms with Gasteiger partial charge in [-0.15, -0.1) is 0 Å². The van der Waals surface area contributed by atoms with Crippen molar-refractivity contribution in [3.05, 3.63) is 29.3 Å². The number of hydrogen-bond donors (Lipinski definition) is 1. The van der Waals surface area contributed by atoms with Crippen LogP contribution in [0.5, 0.6) is 0 Å². The summed E-state index contributed by atoms with van der Waals surface area (Å²) < 4.78 is 26.4. The van der Waals surface area contributed by atoms with Gasteiger partial charge in [-0.3, -0.25) is 4.72 Å². The summed E-state index contributed by atoms with van der Waals surface area (Å²) in [4.78, 5) is 0. The fourth-order valence-corrected chi connectivity index (χ4v) is 3.75. The van der Waals surface area contributed by atoms with Crippen molar-refractivity contribution in [3.8, 4) is 0 Å². The predicted octanol–water partition coefficient (Wildman–Crippen LogP) is 0.570. The van der Waals surface area contributed by atoms with E-state index in [0.29, 0.717) is 5.69 Å². The van der Waals surface area contributed by atoms with Crippen LogP contribution in [0.3, 0.4) is 0 Å². The number of aryl methyl sites for hydroxylation is 2. The standard InChI is InChI=1S/C18H33N2O2S.BrH/c1-6-20(7-2,8-3)14-10-9-11-17-12-13-18(16(4)15-17)19-23(5,21)22;/h12-13,15,19H,6-11,14H2,1-5H3;1H/q+1;/p-1. The number of nitrogens with zero attached hydrogens (tertiary/aromatic N) is 1. The quantitative estimate of drug-likeness (QED) is 0.444. The lowest BCUT2D eigenvalue weighted by atomic mass is 10.0. The largest absolute Gasteiger partial charge is 1.00 e. The molecule has 6 heteroatoms. The number of sulfonamides is 1. The van der Waals surface area contributed by atoms with Crippen molar-refractivity contribution in [1.82, 2.24) is 0 Å². The maximum atomic E-state index is 11.3. The van der Waals surface area contributed by atoms with Gasteiger partial charge in [-0.1, -0.05) is 12.1 Å². The molecule has 1 rings (SSSR count). The molecule has 24 heavy (non-hydrogen) atoms. The summed E-state index contributed by atoms with van der Waals surface area (Å²) in [7, 11) is -3.21. The molecular formula is C18H33BrN2O2S. The maximum Gasteiger partial charge on any atom is 0.229 e. The van der Waals surface area contributed by atoms with Crippen LogP contribution in [0.4, 0.5) is 5.69 Å². The van der Waals surface area contributed by atoms with E-state index >= 15 is 0 Å². The minimum absolute atomic E-state index is 0. The fourth-order valence-electron chi connectivity index (χ4n) is 3.12. The summed E-state index contributed by atoms with van der Waals surface area (Å²) in [6.45, 7) is 13.7. The van der Waals surface area contributed by atoms with Gasteiger partial charge in [0.2, 0.25) is 10.0 Å². The van der Waals surface area contributed by atoms with Gasteiger partial charge in [-0.05, 0) is 64.2 Å². The van der Waals surface area contributed by atoms with Crippen molar-refractivity contribution in [2.24, 2.45) is 0 Å². The Morgan fingerprint density at radius 3 is 2.08 bits per heavy atom. The van der Waals surface area contributed by atoms with E-state index in [1.54, 1.807) is 0 Å². The molecule has 0 spiro atoms. The van der Waals surface area contributed by atoms with Gasteiger partial charge in [0.25, 0.3) is 0 Å². The molecule has 0 aliphatic rings. The molecule has 0 saturated carbocycles. The molecule has 0 aliphatic carbocycles. The zero-order chi connectivity index (χ0) is 17.5. The number of anilines is 1. The first kappa shape index (κ1) is 23.4. The molecule has 1 aromatic carbocycles. The third-order valence-electron chi connectivity index (χ3n) is 4.95. The van der Waals surface area contributed by atoms with Gasteiger partial charge < -0.3 is 21.5 Å². The van der Waals surface area contributed by atoms with Gasteiger partial charge in [0.15, 0.2) is 0 Å². The molecule has 0 saturated heterocycles. The van der Waals surface area contributed by atoms with E-state index in [-0.39, 0.29) is 17.0 Å². The lowest BCUT2D eigenvalue weighted by molar-refractivity contribution is -0.923. The van der Waals surface area contributed by atoms with Gasteiger partial charge in [-0.2, -0.15) is 0 Å². The summed E-state index contributed by atoms with van der Waals surface area (Å²) >= 11 is 0. The zero-order valence-electron chi connectivity index (χ0n) is 15.7. The van der Waals surface area contributed by atoms with Crippen LogP contribution in [0.2, 0.25) is 0 Å². The Balaban J connectivity index is 0.00000529. The van der Waals surface area contributed by atoms with Gasteiger partial charge >= 0.3 is 0 Å². The molecule has 1 N–H and O–H groups in total. The number of quaternary nitrogens is 1. The van der Waals surface area contributed by atoms with Crippen LogP contribution in [0.1, 0.15) is 44.7 Å². The van der Waals surface area contributed by atoms with Crippen LogP contribution in [0.15, 0.2) is 18.2 Å². The van der Waals surface area contributed by atoms with E-state index in [9.17, 15) is 8.42 Å². The van der Waals surface area contributed by atoms with Crippen LogP contribution in [-0.4, -0.2) is 45.3 Å². The number of hydrogen-bond acceptors (Lipinski definition) is 2. The Kier molecular flexibility index (Phi) is 10.2. The average Bonchev–Trinajstić information content (AvgIpc) is 2.50. The molecule has 4 nitrogen and oxygen atoms in total. The average molecular weight is 421 g/mol. The van der Waals surface area contributed by atoms with Crippen LogP contribution in [-0.2, 0) is 16.4 Å². The molecule has 0 heterocycles. The second-order valence-corrected chi connectivity index (χ2v) is 8.24. The van der Waals surface area contributed by atoms with Crippen molar-refractivity contribution in [2.75, 3.05) is 37.2 Å². The smallest absolute Gasteiger partial charge is 0.229 e. The molecule has 0 radical (unpaired) electrons. The highest BCUT2D eigenvalue weighted by atomic mass is 79.9. The van der Waals surface area contributed by atoms with Gasteiger partial charge in [0, 0.05) is 0 Å². The highest BCUT2D eigenvalue weighted by molar-refractivity contribution is 7.92. The monoisotopic (exact) mass is 420 g/mol. The molecule has 140 valence electrons. The van der Waals surface area contributed by atoms with Crippen molar-refractivity contribution in [3.63, 3.8) is 0 Å². The lowest BCUT2D eigenvalue weighted by Crippen LogP contribution is -3.00. The minimum Gasteiger partial charge on any atom is -1.00 e. The Morgan fingerprint density at radius 1 is 1.04 bits per heavy atom. The highest BCUT2D eigenvalue weighted by Gasteiger charge is 2.19. The SMILES string of the molecule is CC[N+](CC)(CC)CCCCc1ccc(NS(C)(=O)=O)c(C)c1.[Br-]. The normalized spacial score (nSPS) is 11.9. The first-order valence-corrected chi connectivity index (χ1v) is 10.6. The maximum absolute atomic E-state index is 11.3. The van der Waals surface area contributed by atoms with E-state index in [0.717, 1.165) is 12.0 Å². The molecular weight excluding hydrogens is 388 g/mol. The van der Waals surface area contributed by atoms with Crippen molar-refractivity contribution in [2.45, 2.75) is 47.0 Å². The Hall–Kier alpha value is -0.590. The number of rotatable bonds is 10. The van der Waals surface area contributed by atoms with Gasteiger partial charge in [0.1, 0.15) is 0 Å². The Labute approximate surface area is 159 Å². The van der Waals surface area contributed by atoms with Crippen LogP contribution in [0, 0.1) is 6.92 Å². The number of benzene rings is 1. The molecule has 0 atom stereocenters. The van der Waals surface area contributed by atoms with Crippen molar-refractivity contribution in [1.29, 1.82) is 0 Å². The third kappa shape index (κ3) is 7.53. The highest BCUT2D eigenvalue weighted by Crippen LogP contribution is 2.19. The second-order valence-electron chi connectivity index (χ2n) is 6.49. The number of unbranched alkanes of at least 4 members (excludes halogenated alkanes) is 1. The third-order valence-corrected chi connectivity index (χ3v) is 5.54. The van der Waals surface area contributed by atoms with Crippen molar-refractivity contribution < 1.29 is 29.9 Å². The number of nitrogens with one attached hydrogen (secondary N) is 1. The fraction of sp³-hybridized carbons (Fsp3) is 0.667. The molecule has 1 aromatic rings. The van der Waals surface area contributed by atoms with Crippen molar-refractivity contribution >= 4 is 15.7 Å². The Morgan fingerprint density at radius 2 is 1.62 bits per heavy atom. The summed E-state index contributed by atoms with van der Waals surface area (Å²) in [5, 5.41) is 0. The van der Waals surface area contributed by atoms with E-state index in [2.05, 4.69) is 31.6 Å². The molecule has 0 aromatic heterocycles. The van der Waals surface area contributed by atoms with E-state index < -0.39 is 10.0 Å². The zero-order valence-corrected chi connectivity index (χ0v) is 18.1. The van der Waals surface area contributed by atoms with E-state index in [4.69, 9.17) is 0 Å². The molecule has 0 unspecified atom stereocenters. The molecule has 0 bridgehead atoms. The van der Waals surface area contributed by atoms with E-state index in [1.165, 1.54) is 55.3 Å². The summed E-state index contributed by atoms with van der Waals surface area (Å²) in [6, 6.07) is 5.99. The summed E-state index contributed by atoms with van der Waals surface area (Å²) in [6.07, 6.45) is 4.65. The van der Waals surface area contributed by atoms with Gasteiger partial charge in [0.05, 0.1) is 38.1 Å².